The maximum Gasteiger partial charge on any atom is 0.258 e. The Morgan fingerprint density at radius 3 is 2.51 bits per heavy atom. The number of hydrogen-bond donors (Lipinski definition) is 1. The molecule has 2 amide bonds. The lowest BCUT2D eigenvalue weighted by Crippen LogP contribution is -2.48. The van der Waals surface area contributed by atoms with Crippen LogP contribution in [0.4, 0.5) is 5.69 Å². The second kappa shape index (κ2) is 16.0. The molecule has 0 aromatic heterocycles. The third-order valence-electron chi connectivity index (χ3n) is 7.43. The zero-order valence-electron chi connectivity index (χ0n) is 25.5. The number of fused-ring (bicyclic) bond motifs is 1. The molecule has 1 aliphatic heterocycles. The molecule has 9 heteroatoms. The summed E-state index contributed by atoms with van der Waals surface area (Å²) in [7, 11) is 9.72. The molecule has 1 aromatic carbocycles. The topological polar surface area (TPSA) is 85.8 Å². The Morgan fingerprint density at radius 2 is 1.87 bits per heavy atom. The Kier molecular flexibility index (Phi) is 13.5. The average molecular weight is 549 g/mol. The Hall–Kier alpha value is -2.36. The number of anilines is 1. The molecule has 1 N–H and O–H groups in total. The van der Waals surface area contributed by atoms with Gasteiger partial charge in [0.15, 0.2) is 0 Å². The number of carbonyl (C=O) groups is 2. The van der Waals surface area contributed by atoms with Crippen LogP contribution in [-0.2, 0) is 9.53 Å². The van der Waals surface area contributed by atoms with Crippen molar-refractivity contribution in [3.8, 4) is 5.75 Å². The fourth-order valence-electron chi connectivity index (χ4n) is 4.76. The predicted molar refractivity (Wildman–Crippen MR) is 157 cm³/mol. The van der Waals surface area contributed by atoms with Gasteiger partial charge in [-0.05, 0) is 78.4 Å². The minimum absolute atomic E-state index is 0.0611. The van der Waals surface area contributed by atoms with Crippen molar-refractivity contribution >= 4 is 17.5 Å². The fraction of sp³-hybridized carbons (Fsp3) is 0.733. The number of amides is 2. The van der Waals surface area contributed by atoms with E-state index in [-0.39, 0.29) is 36.5 Å². The zero-order valence-corrected chi connectivity index (χ0v) is 25.5. The van der Waals surface area contributed by atoms with E-state index in [9.17, 15) is 14.7 Å². The number of benzene rings is 1. The van der Waals surface area contributed by atoms with Crippen LogP contribution in [0.3, 0.4) is 0 Å². The van der Waals surface area contributed by atoms with E-state index >= 15 is 0 Å². The van der Waals surface area contributed by atoms with Crippen LogP contribution in [0.15, 0.2) is 18.2 Å². The van der Waals surface area contributed by atoms with Gasteiger partial charge >= 0.3 is 0 Å². The van der Waals surface area contributed by atoms with E-state index in [0.29, 0.717) is 37.4 Å². The highest BCUT2D eigenvalue weighted by molar-refractivity contribution is 5.98. The second-order valence-corrected chi connectivity index (χ2v) is 11.6. The smallest absolute Gasteiger partial charge is 0.258 e. The molecule has 0 aliphatic carbocycles. The quantitative estimate of drug-likeness (QED) is 0.507. The molecule has 1 heterocycles. The third kappa shape index (κ3) is 10.3. The Balaban J connectivity index is 2.35. The molecule has 0 bridgehead atoms. The number of carbonyl (C=O) groups excluding carboxylic acids is 2. The average Bonchev–Trinajstić information content (AvgIpc) is 2.89. The molecule has 39 heavy (non-hydrogen) atoms. The maximum atomic E-state index is 14.1. The minimum Gasteiger partial charge on any atom is -0.490 e. The first-order valence-electron chi connectivity index (χ1n) is 14.3. The van der Waals surface area contributed by atoms with Gasteiger partial charge in [-0.1, -0.05) is 6.92 Å². The monoisotopic (exact) mass is 548 g/mol. The molecular formula is C30H52N4O5. The lowest BCUT2D eigenvalue weighted by atomic mass is 10.0. The number of likely N-dealkylation sites (N-methyl/N-ethyl adjacent to an activating group) is 1. The van der Waals surface area contributed by atoms with Crippen molar-refractivity contribution in [2.75, 3.05) is 73.0 Å². The van der Waals surface area contributed by atoms with Crippen LogP contribution in [-0.4, -0.2) is 118 Å². The fourth-order valence-corrected chi connectivity index (χ4v) is 4.76. The van der Waals surface area contributed by atoms with E-state index in [0.717, 1.165) is 37.9 Å². The van der Waals surface area contributed by atoms with Gasteiger partial charge in [0.2, 0.25) is 5.91 Å². The molecule has 1 aliphatic rings. The van der Waals surface area contributed by atoms with Crippen LogP contribution in [0.25, 0.3) is 0 Å². The number of nitrogens with zero attached hydrogens (tertiary/aromatic N) is 4. The Bertz CT molecular complexity index is 909. The number of hydrogen-bond acceptors (Lipinski definition) is 7. The molecule has 9 nitrogen and oxygen atoms in total. The van der Waals surface area contributed by atoms with Gasteiger partial charge in [-0.2, -0.15) is 0 Å². The summed E-state index contributed by atoms with van der Waals surface area (Å²) in [5.74, 6) is 0.412. The first kappa shape index (κ1) is 32.8. The molecule has 1 aromatic rings. The highest BCUT2D eigenvalue weighted by atomic mass is 16.5. The summed E-state index contributed by atoms with van der Waals surface area (Å²) in [5, 5.41) is 10.1. The second-order valence-electron chi connectivity index (χ2n) is 11.6. The van der Waals surface area contributed by atoms with Crippen LogP contribution in [0.1, 0.15) is 63.2 Å². The predicted octanol–water partition coefficient (Wildman–Crippen LogP) is 3.35. The summed E-state index contributed by atoms with van der Waals surface area (Å²) in [5.41, 5.74) is 1.39. The van der Waals surface area contributed by atoms with Gasteiger partial charge in [-0.25, -0.2) is 0 Å². The van der Waals surface area contributed by atoms with E-state index in [1.807, 2.05) is 72.2 Å². The molecule has 222 valence electrons. The number of ether oxygens (including phenoxy) is 2. The summed E-state index contributed by atoms with van der Waals surface area (Å²) >= 11 is 0. The van der Waals surface area contributed by atoms with Crippen molar-refractivity contribution in [1.29, 1.82) is 0 Å². The van der Waals surface area contributed by atoms with E-state index in [1.165, 1.54) is 0 Å². The molecule has 0 fully saturated rings. The van der Waals surface area contributed by atoms with Crippen LogP contribution in [0, 0.1) is 5.92 Å². The maximum absolute atomic E-state index is 14.1. The van der Waals surface area contributed by atoms with Gasteiger partial charge in [0.1, 0.15) is 5.75 Å². The Labute approximate surface area is 236 Å². The highest BCUT2D eigenvalue weighted by Crippen LogP contribution is 2.29. The molecule has 0 unspecified atom stereocenters. The van der Waals surface area contributed by atoms with Crippen LogP contribution >= 0.6 is 0 Å². The largest absolute Gasteiger partial charge is 0.490 e. The van der Waals surface area contributed by atoms with E-state index in [2.05, 4.69) is 11.8 Å². The number of aliphatic hydroxyl groups is 1. The summed E-state index contributed by atoms with van der Waals surface area (Å²) in [6, 6.07) is 5.30. The number of aliphatic hydroxyl groups excluding tert-OH is 1. The highest BCUT2D eigenvalue weighted by Gasteiger charge is 2.31. The molecular weight excluding hydrogens is 496 g/mol. The van der Waals surface area contributed by atoms with Gasteiger partial charge in [-0.3, -0.25) is 9.59 Å². The molecule has 4 atom stereocenters. The Morgan fingerprint density at radius 1 is 1.15 bits per heavy atom. The molecule has 0 saturated carbocycles. The zero-order chi connectivity index (χ0) is 29.1. The molecule has 0 saturated heterocycles. The van der Waals surface area contributed by atoms with E-state index in [4.69, 9.17) is 9.47 Å². The summed E-state index contributed by atoms with van der Waals surface area (Å²) in [4.78, 5) is 34.4. The molecule has 0 spiro atoms. The van der Waals surface area contributed by atoms with Gasteiger partial charge in [0.05, 0.1) is 30.4 Å². The van der Waals surface area contributed by atoms with Crippen molar-refractivity contribution < 1.29 is 24.2 Å². The standard InChI is InChI=1S/C30H52N4O5/c1-22-19-34(23(2)21-35)30(37)26-18-25(32(6)7)14-15-27(26)39-24(3)12-9-10-17-38-28(22)20-33(8)29(36)13-11-16-31(4)5/h14-15,18,22-24,28,35H,9-13,16-17,19-21H2,1-8H3/t22-,23-,24-,28+/m1/s1. The van der Waals surface area contributed by atoms with Gasteiger partial charge in [0, 0.05) is 58.9 Å². The van der Waals surface area contributed by atoms with Crippen molar-refractivity contribution in [3.63, 3.8) is 0 Å². The first-order valence-corrected chi connectivity index (χ1v) is 14.3. The summed E-state index contributed by atoms with van der Waals surface area (Å²) < 4.78 is 12.6. The number of rotatable bonds is 9. The van der Waals surface area contributed by atoms with Crippen molar-refractivity contribution in [2.24, 2.45) is 5.92 Å². The lowest BCUT2D eigenvalue weighted by Gasteiger charge is -2.36. The summed E-state index contributed by atoms with van der Waals surface area (Å²) in [6.45, 7) is 8.06. The van der Waals surface area contributed by atoms with E-state index < -0.39 is 6.04 Å². The SMILES string of the molecule is C[C@@H]1CCCCO[C@@H](CN(C)C(=O)CCCN(C)C)[C@H](C)CN([C@H](C)CO)C(=O)c2cc(N(C)C)ccc2O1. The first-order chi connectivity index (χ1) is 18.4. The lowest BCUT2D eigenvalue weighted by molar-refractivity contribution is -0.132. The van der Waals surface area contributed by atoms with E-state index in [1.54, 1.807) is 9.80 Å². The van der Waals surface area contributed by atoms with Crippen LogP contribution in [0.5, 0.6) is 5.75 Å². The van der Waals surface area contributed by atoms with Crippen molar-refractivity contribution in [2.45, 2.75) is 71.1 Å². The van der Waals surface area contributed by atoms with Crippen molar-refractivity contribution in [1.82, 2.24) is 14.7 Å². The van der Waals surface area contributed by atoms with Crippen LogP contribution < -0.4 is 9.64 Å². The van der Waals surface area contributed by atoms with Gasteiger partial charge in [0.25, 0.3) is 5.91 Å². The molecule has 2 rings (SSSR count). The van der Waals surface area contributed by atoms with Crippen LogP contribution in [0.2, 0.25) is 0 Å². The normalized spacial score (nSPS) is 22.1. The third-order valence-corrected chi connectivity index (χ3v) is 7.43. The summed E-state index contributed by atoms with van der Waals surface area (Å²) in [6.07, 6.45) is 3.67. The molecule has 0 radical (unpaired) electrons. The van der Waals surface area contributed by atoms with Crippen molar-refractivity contribution in [3.05, 3.63) is 23.8 Å². The van der Waals surface area contributed by atoms with Gasteiger partial charge < -0.3 is 34.2 Å². The minimum atomic E-state index is -0.396. The van der Waals surface area contributed by atoms with Gasteiger partial charge in [-0.15, -0.1) is 0 Å².